The molecule has 162 valence electrons. The van der Waals surface area contributed by atoms with E-state index in [-0.39, 0.29) is 12.3 Å². The largest absolute Gasteiger partial charge is 0.481 e. The summed E-state index contributed by atoms with van der Waals surface area (Å²) in [4.78, 5) is 28.2. The molecule has 0 unspecified atom stereocenters. The number of rotatable bonds is 16. The third kappa shape index (κ3) is 11.4. The van der Waals surface area contributed by atoms with Crippen molar-refractivity contribution in [1.82, 2.24) is 5.06 Å². The molecule has 1 aromatic rings. The van der Waals surface area contributed by atoms with Crippen LogP contribution in [0.15, 0.2) is 30.3 Å². The van der Waals surface area contributed by atoms with Crippen molar-refractivity contribution in [3.05, 3.63) is 41.5 Å². The summed E-state index contributed by atoms with van der Waals surface area (Å²) in [7, 11) is 1.45. The Balaban J connectivity index is 2.35. The number of benzene rings is 1. The van der Waals surface area contributed by atoms with Gasteiger partial charge in [-0.2, -0.15) is 0 Å². The zero-order valence-corrected chi connectivity index (χ0v) is 18.1. The van der Waals surface area contributed by atoms with Gasteiger partial charge in [-0.05, 0) is 43.4 Å². The number of aliphatic carboxylic acids is 1. The van der Waals surface area contributed by atoms with Crippen LogP contribution in [0.4, 0.5) is 0 Å². The van der Waals surface area contributed by atoms with Gasteiger partial charge in [-0.15, -0.1) is 0 Å². The third-order valence-corrected chi connectivity index (χ3v) is 4.89. The van der Waals surface area contributed by atoms with Crippen molar-refractivity contribution in [2.24, 2.45) is 0 Å². The summed E-state index contributed by atoms with van der Waals surface area (Å²) in [5.74, 6) is -1.03. The molecule has 0 fully saturated rings. The molecule has 0 aliphatic rings. The predicted molar refractivity (Wildman–Crippen MR) is 118 cm³/mol. The van der Waals surface area contributed by atoms with Gasteiger partial charge in [0, 0.05) is 18.5 Å². The molecule has 1 N–H and O–H groups in total. The van der Waals surface area contributed by atoms with Gasteiger partial charge in [-0.25, -0.2) is 5.06 Å². The van der Waals surface area contributed by atoms with Gasteiger partial charge >= 0.3 is 5.97 Å². The summed E-state index contributed by atoms with van der Waals surface area (Å²) >= 11 is 0. The number of carboxylic acids is 1. The van der Waals surface area contributed by atoms with Crippen molar-refractivity contribution >= 4 is 18.0 Å². The quantitative estimate of drug-likeness (QED) is 0.267. The van der Waals surface area contributed by atoms with Crippen LogP contribution in [0.2, 0.25) is 0 Å². The van der Waals surface area contributed by atoms with Gasteiger partial charge in [-0.3, -0.25) is 14.4 Å². The van der Waals surface area contributed by atoms with Crippen molar-refractivity contribution in [3.8, 4) is 0 Å². The molecular weight excluding hydrogens is 366 g/mol. The lowest BCUT2D eigenvalue weighted by Gasteiger charge is -2.19. The summed E-state index contributed by atoms with van der Waals surface area (Å²) in [6.07, 6.45) is 15.8. The molecule has 1 rings (SSSR count). The van der Waals surface area contributed by atoms with Crippen LogP contribution in [0.25, 0.3) is 6.08 Å². The maximum absolute atomic E-state index is 12.5. The molecule has 0 heterocycles. The van der Waals surface area contributed by atoms with Gasteiger partial charge < -0.3 is 5.11 Å². The number of amides is 1. The molecule has 0 saturated carbocycles. The lowest BCUT2D eigenvalue weighted by molar-refractivity contribution is -0.137. The topological polar surface area (TPSA) is 66.8 Å². The molecule has 0 aliphatic heterocycles. The average Bonchev–Trinajstić information content (AvgIpc) is 2.72. The first-order valence-corrected chi connectivity index (χ1v) is 10.9. The van der Waals surface area contributed by atoms with E-state index >= 15 is 0 Å². The number of carbonyl (C=O) groups is 2. The maximum Gasteiger partial charge on any atom is 0.303 e. The second-order valence-electron chi connectivity index (χ2n) is 7.38. The molecule has 0 saturated heterocycles. The number of carbonyl (C=O) groups excluding carboxylic acids is 1. The fourth-order valence-electron chi connectivity index (χ4n) is 3.13. The molecule has 1 aromatic carbocycles. The zero-order valence-electron chi connectivity index (χ0n) is 18.1. The minimum Gasteiger partial charge on any atom is -0.481 e. The molecule has 0 aliphatic carbocycles. The Bertz CT molecular complexity index is 610. The van der Waals surface area contributed by atoms with Gasteiger partial charge in [0.05, 0.1) is 7.11 Å². The van der Waals surface area contributed by atoms with Crippen LogP contribution in [-0.4, -0.2) is 35.7 Å². The Hall–Kier alpha value is -2.14. The van der Waals surface area contributed by atoms with E-state index in [1.54, 1.807) is 12.1 Å². The standard InChI is InChI=1S/C24H37NO4/c1-3-4-5-6-7-8-9-10-11-14-21-16-18-22(19-17-21)24(28)25(29-2)20-13-12-15-23(26)27/h11,14,16-19H,3-10,12-13,15,20H2,1-2H3,(H,26,27)/b14-11+. The Morgan fingerprint density at radius 3 is 2.24 bits per heavy atom. The third-order valence-electron chi connectivity index (χ3n) is 4.89. The molecule has 0 atom stereocenters. The summed E-state index contributed by atoms with van der Waals surface area (Å²) in [5, 5.41) is 9.96. The molecule has 5 heteroatoms. The highest BCUT2D eigenvalue weighted by Crippen LogP contribution is 2.12. The lowest BCUT2D eigenvalue weighted by atomic mass is 10.1. The van der Waals surface area contributed by atoms with Crippen LogP contribution in [0.3, 0.4) is 0 Å². The number of carboxylic acid groups (broad SMARTS) is 1. The highest BCUT2D eigenvalue weighted by Gasteiger charge is 2.15. The highest BCUT2D eigenvalue weighted by atomic mass is 16.7. The van der Waals surface area contributed by atoms with Crippen molar-refractivity contribution in [2.75, 3.05) is 13.7 Å². The Morgan fingerprint density at radius 2 is 1.62 bits per heavy atom. The van der Waals surface area contributed by atoms with Crippen LogP contribution in [-0.2, 0) is 9.63 Å². The van der Waals surface area contributed by atoms with Gasteiger partial charge in [0.1, 0.15) is 0 Å². The number of unbranched alkanes of at least 4 members (excludes halogenated alkanes) is 8. The minimum atomic E-state index is -0.823. The van der Waals surface area contributed by atoms with Crippen LogP contribution in [0.1, 0.15) is 93.5 Å². The van der Waals surface area contributed by atoms with E-state index in [0.717, 1.165) is 12.0 Å². The summed E-state index contributed by atoms with van der Waals surface area (Å²) in [5.41, 5.74) is 1.64. The van der Waals surface area contributed by atoms with Crippen LogP contribution >= 0.6 is 0 Å². The maximum atomic E-state index is 12.5. The van der Waals surface area contributed by atoms with Gasteiger partial charge in [0.25, 0.3) is 5.91 Å². The molecule has 5 nitrogen and oxygen atoms in total. The Kier molecular flexibility index (Phi) is 13.5. The number of hydrogen-bond acceptors (Lipinski definition) is 3. The van der Waals surface area contributed by atoms with E-state index < -0.39 is 5.97 Å². The zero-order chi connectivity index (χ0) is 21.3. The summed E-state index contributed by atoms with van der Waals surface area (Å²) in [6, 6.07) is 7.48. The first-order chi connectivity index (χ1) is 14.1. The molecule has 0 spiro atoms. The first-order valence-electron chi connectivity index (χ1n) is 10.9. The molecule has 0 radical (unpaired) electrons. The van der Waals surface area contributed by atoms with Gasteiger partial charge in [0.2, 0.25) is 0 Å². The first kappa shape index (κ1) is 24.9. The van der Waals surface area contributed by atoms with Gasteiger partial charge in [-0.1, -0.05) is 69.7 Å². The molecule has 0 bridgehead atoms. The lowest BCUT2D eigenvalue weighted by Crippen LogP contribution is -2.31. The van der Waals surface area contributed by atoms with E-state index in [1.165, 1.54) is 57.1 Å². The van der Waals surface area contributed by atoms with E-state index in [0.29, 0.717) is 24.9 Å². The van der Waals surface area contributed by atoms with Crippen molar-refractivity contribution < 1.29 is 19.5 Å². The van der Waals surface area contributed by atoms with Crippen molar-refractivity contribution in [1.29, 1.82) is 0 Å². The monoisotopic (exact) mass is 403 g/mol. The SMILES string of the molecule is CCCCCCCCC/C=C/c1ccc(C(=O)N(CCCCC(=O)O)OC)cc1. The van der Waals surface area contributed by atoms with E-state index in [9.17, 15) is 9.59 Å². The smallest absolute Gasteiger partial charge is 0.303 e. The van der Waals surface area contributed by atoms with Gasteiger partial charge in [0.15, 0.2) is 0 Å². The molecule has 1 amide bonds. The van der Waals surface area contributed by atoms with Crippen LogP contribution in [0.5, 0.6) is 0 Å². The highest BCUT2D eigenvalue weighted by molar-refractivity contribution is 5.93. The second-order valence-corrected chi connectivity index (χ2v) is 7.38. The average molecular weight is 404 g/mol. The number of nitrogens with zero attached hydrogens (tertiary/aromatic N) is 1. The molecule has 0 aromatic heterocycles. The predicted octanol–water partition coefficient (Wildman–Crippen LogP) is 6.10. The van der Waals surface area contributed by atoms with Crippen LogP contribution in [0, 0.1) is 0 Å². The fraction of sp³-hybridized carbons (Fsp3) is 0.583. The number of allylic oxidation sites excluding steroid dienone is 1. The van der Waals surface area contributed by atoms with E-state index in [2.05, 4.69) is 19.1 Å². The number of hydrogen-bond donors (Lipinski definition) is 1. The van der Waals surface area contributed by atoms with Crippen molar-refractivity contribution in [3.63, 3.8) is 0 Å². The Labute approximate surface area is 175 Å². The second kappa shape index (κ2) is 15.7. The summed E-state index contributed by atoms with van der Waals surface area (Å²) in [6.45, 7) is 2.62. The van der Waals surface area contributed by atoms with Crippen LogP contribution < -0.4 is 0 Å². The van der Waals surface area contributed by atoms with E-state index in [1.807, 2.05) is 12.1 Å². The fourth-order valence-corrected chi connectivity index (χ4v) is 3.13. The Morgan fingerprint density at radius 1 is 0.966 bits per heavy atom. The van der Waals surface area contributed by atoms with E-state index in [4.69, 9.17) is 9.94 Å². The molecular formula is C24H37NO4. The van der Waals surface area contributed by atoms with Crippen molar-refractivity contribution in [2.45, 2.75) is 77.6 Å². The number of hydroxylamine groups is 2. The summed E-state index contributed by atoms with van der Waals surface area (Å²) < 4.78 is 0. The minimum absolute atomic E-state index is 0.103. The normalized spacial score (nSPS) is 11.1. The molecule has 29 heavy (non-hydrogen) atoms.